The number of halogens is 1. The van der Waals surface area contributed by atoms with E-state index in [-0.39, 0.29) is 18.3 Å². The Morgan fingerprint density at radius 1 is 0.960 bits per heavy atom. The average molecular weight is 342 g/mol. The summed E-state index contributed by atoms with van der Waals surface area (Å²) >= 11 is 0. The first kappa shape index (κ1) is 19.1. The number of carbonyl (C=O) groups excluding carboxylic acids is 1. The fourth-order valence-corrected chi connectivity index (χ4v) is 2.80. The van der Waals surface area contributed by atoms with Gasteiger partial charge in [-0.25, -0.2) is 4.39 Å². The third-order valence-electron chi connectivity index (χ3n) is 4.17. The smallest absolute Gasteiger partial charge is 0.238 e. The zero-order valence-corrected chi connectivity index (χ0v) is 15.4. The van der Waals surface area contributed by atoms with Crippen LogP contribution in [-0.4, -0.2) is 12.5 Å². The molecule has 4 heteroatoms. The SMILES string of the molecule is CC(C)c1cccc(C(C)C)c1NC(=O)CNCc1ccc(F)cc1. The van der Waals surface area contributed by atoms with E-state index in [0.29, 0.717) is 18.4 Å². The van der Waals surface area contributed by atoms with Gasteiger partial charge in [0.1, 0.15) is 5.82 Å². The van der Waals surface area contributed by atoms with Crippen LogP contribution in [0.25, 0.3) is 0 Å². The summed E-state index contributed by atoms with van der Waals surface area (Å²) in [6.07, 6.45) is 0. The number of hydrogen-bond acceptors (Lipinski definition) is 2. The van der Waals surface area contributed by atoms with Crippen molar-refractivity contribution in [1.29, 1.82) is 0 Å². The number of carbonyl (C=O) groups is 1. The highest BCUT2D eigenvalue weighted by molar-refractivity contribution is 5.94. The molecule has 0 saturated heterocycles. The van der Waals surface area contributed by atoms with E-state index in [1.54, 1.807) is 12.1 Å². The Bertz CT molecular complexity index is 682. The molecule has 25 heavy (non-hydrogen) atoms. The number of nitrogens with one attached hydrogen (secondary N) is 2. The minimum Gasteiger partial charge on any atom is -0.324 e. The summed E-state index contributed by atoms with van der Waals surface area (Å²) in [4.78, 5) is 12.4. The summed E-state index contributed by atoms with van der Waals surface area (Å²) in [5, 5.41) is 6.18. The van der Waals surface area contributed by atoms with Crippen molar-refractivity contribution in [2.75, 3.05) is 11.9 Å². The van der Waals surface area contributed by atoms with Gasteiger partial charge in [-0.1, -0.05) is 58.0 Å². The van der Waals surface area contributed by atoms with Crippen LogP contribution in [0.3, 0.4) is 0 Å². The number of hydrogen-bond donors (Lipinski definition) is 2. The third kappa shape index (κ3) is 5.40. The summed E-state index contributed by atoms with van der Waals surface area (Å²) in [5.41, 5.74) is 4.18. The molecule has 0 aliphatic carbocycles. The molecular formula is C21H27FN2O. The van der Waals surface area contributed by atoms with Crippen LogP contribution in [0.15, 0.2) is 42.5 Å². The predicted molar refractivity (Wildman–Crippen MR) is 101 cm³/mol. The Labute approximate surface area is 149 Å². The number of para-hydroxylation sites is 1. The van der Waals surface area contributed by atoms with Crippen molar-refractivity contribution in [3.63, 3.8) is 0 Å². The average Bonchev–Trinajstić information content (AvgIpc) is 2.56. The molecule has 0 aliphatic heterocycles. The summed E-state index contributed by atoms with van der Waals surface area (Å²) < 4.78 is 12.9. The zero-order valence-electron chi connectivity index (χ0n) is 15.4. The molecule has 0 fully saturated rings. The lowest BCUT2D eigenvalue weighted by atomic mass is 9.92. The molecule has 3 nitrogen and oxygen atoms in total. The molecule has 0 bridgehead atoms. The highest BCUT2D eigenvalue weighted by atomic mass is 19.1. The molecule has 0 unspecified atom stereocenters. The van der Waals surface area contributed by atoms with E-state index in [1.165, 1.54) is 12.1 Å². The van der Waals surface area contributed by atoms with E-state index in [9.17, 15) is 9.18 Å². The van der Waals surface area contributed by atoms with Crippen LogP contribution in [0.2, 0.25) is 0 Å². The number of anilines is 1. The van der Waals surface area contributed by atoms with Gasteiger partial charge in [0.15, 0.2) is 0 Å². The van der Waals surface area contributed by atoms with Crippen molar-refractivity contribution in [2.24, 2.45) is 0 Å². The molecule has 1 amide bonds. The van der Waals surface area contributed by atoms with Crippen molar-refractivity contribution < 1.29 is 9.18 Å². The molecule has 0 aliphatic rings. The van der Waals surface area contributed by atoms with Gasteiger partial charge in [0.2, 0.25) is 5.91 Å². The Kier molecular flexibility index (Phi) is 6.71. The Morgan fingerprint density at radius 2 is 1.52 bits per heavy atom. The first-order valence-electron chi connectivity index (χ1n) is 8.76. The summed E-state index contributed by atoms with van der Waals surface area (Å²) in [5.74, 6) is 0.340. The molecule has 0 heterocycles. The highest BCUT2D eigenvalue weighted by Crippen LogP contribution is 2.32. The molecule has 0 atom stereocenters. The molecule has 0 radical (unpaired) electrons. The van der Waals surface area contributed by atoms with Gasteiger partial charge < -0.3 is 10.6 Å². The maximum absolute atomic E-state index is 12.9. The van der Waals surface area contributed by atoms with Crippen molar-refractivity contribution in [3.8, 4) is 0 Å². The zero-order chi connectivity index (χ0) is 18.4. The van der Waals surface area contributed by atoms with Crippen LogP contribution >= 0.6 is 0 Å². The van der Waals surface area contributed by atoms with Gasteiger partial charge >= 0.3 is 0 Å². The van der Waals surface area contributed by atoms with E-state index in [4.69, 9.17) is 0 Å². The summed E-state index contributed by atoms with van der Waals surface area (Å²) in [6.45, 7) is 9.24. The Balaban J connectivity index is 2.01. The van der Waals surface area contributed by atoms with Crippen molar-refractivity contribution in [2.45, 2.75) is 46.1 Å². The standard InChI is InChI=1S/C21H27FN2O/c1-14(2)18-6-5-7-19(15(3)4)21(18)24-20(25)13-23-12-16-8-10-17(22)11-9-16/h5-11,14-15,23H,12-13H2,1-4H3,(H,24,25). The van der Waals surface area contributed by atoms with Crippen LogP contribution in [0.4, 0.5) is 10.1 Å². The van der Waals surface area contributed by atoms with E-state index >= 15 is 0 Å². The fourth-order valence-electron chi connectivity index (χ4n) is 2.80. The van der Waals surface area contributed by atoms with Gasteiger partial charge in [-0.15, -0.1) is 0 Å². The van der Waals surface area contributed by atoms with Gasteiger partial charge in [0.25, 0.3) is 0 Å². The van der Waals surface area contributed by atoms with Crippen LogP contribution < -0.4 is 10.6 Å². The van der Waals surface area contributed by atoms with Crippen LogP contribution in [-0.2, 0) is 11.3 Å². The second-order valence-corrected chi connectivity index (χ2v) is 6.90. The largest absolute Gasteiger partial charge is 0.324 e. The van der Waals surface area contributed by atoms with E-state index in [2.05, 4.69) is 50.5 Å². The number of rotatable bonds is 7. The second-order valence-electron chi connectivity index (χ2n) is 6.90. The summed E-state index contributed by atoms with van der Waals surface area (Å²) in [7, 11) is 0. The maximum atomic E-state index is 12.9. The quantitative estimate of drug-likeness (QED) is 0.759. The molecule has 134 valence electrons. The normalized spacial score (nSPS) is 11.2. The Morgan fingerprint density at radius 3 is 2.04 bits per heavy atom. The lowest BCUT2D eigenvalue weighted by Crippen LogP contribution is -2.28. The van der Waals surface area contributed by atoms with Gasteiger partial charge in [-0.05, 0) is 40.7 Å². The van der Waals surface area contributed by atoms with E-state index in [0.717, 1.165) is 22.4 Å². The maximum Gasteiger partial charge on any atom is 0.238 e. The molecule has 2 aromatic rings. The van der Waals surface area contributed by atoms with E-state index < -0.39 is 0 Å². The molecule has 0 saturated carbocycles. The Hall–Kier alpha value is -2.20. The van der Waals surface area contributed by atoms with Crippen LogP contribution in [0.1, 0.15) is 56.2 Å². The minimum absolute atomic E-state index is 0.0721. The lowest BCUT2D eigenvalue weighted by Gasteiger charge is -2.20. The molecule has 2 aromatic carbocycles. The third-order valence-corrected chi connectivity index (χ3v) is 4.17. The van der Waals surface area contributed by atoms with Crippen molar-refractivity contribution in [1.82, 2.24) is 5.32 Å². The topological polar surface area (TPSA) is 41.1 Å². The number of amides is 1. The molecule has 2 N–H and O–H groups in total. The van der Waals surface area contributed by atoms with Gasteiger partial charge in [-0.3, -0.25) is 4.79 Å². The van der Waals surface area contributed by atoms with Gasteiger partial charge in [-0.2, -0.15) is 0 Å². The second kappa shape index (κ2) is 8.77. The lowest BCUT2D eigenvalue weighted by molar-refractivity contribution is -0.115. The highest BCUT2D eigenvalue weighted by Gasteiger charge is 2.15. The molecule has 0 aromatic heterocycles. The first-order chi connectivity index (χ1) is 11.9. The van der Waals surface area contributed by atoms with Crippen LogP contribution in [0, 0.1) is 5.82 Å². The van der Waals surface area contributed by atoms with Gasteiger partial charge in [0, 0.05) is 12.2 Å². The van der Waals surface area contributed by atoms with Crippen molar-refractivity contribution in [3.05, 3.63) is 65.0 Å². The monoisotopic (exact) mass is 342 g/mol. The first-order valence-corrected chi connectivity index (χ1v) is 8.76. The predicted octanol–water partition coefficient (Wildman–Crippen LogP) is 4.80. The minimum atomic E-state index is -0.256. The molecule has 0 spiro atoms. The van der Waals surface area contributed by atoms with Crippen LogP contribution in [0.5, 0.6) is 0 Å². The van der Waals surface area contributed by atoms with Gasteiger partial charge in [0.05, 0.1) is 6.54 Å². The number of benzene rings is 2. The molecule has 2 rings (SSSR count). The van der Waals surface area contributed by atoms with Crippen molar-refractivity contribution >= 4 is 11.6 Å². The fraction of sp³-hybridized carbons (Fsp3) is 0.381. The summed E-state index contributed by atoms with van der Waals surface area (Å²) in [6, 6.07) is 12.5. The van der Waals surface area contributed by atoms with E-state index in [1.807, 2.05) is 6.07 Å². The molecular weight excluding hydrogens is 315 g/mol.